The molecule has 6 nitrogen and oxygen atoms in total. The molecule has 6 heteroatoms. The first-order chi connectivity index (χ1) is 13.8. The minimum atomic E-state index is -0.333. The molecule has 2 heterocycles. The number of aromatic nitrogens is 3. The molecule has 1 saturated carbocycles. The van der Waals surface area contributed by atoms with Gasteiger partial charge >= 0.3 is 0 Å². The SMILES string of the molecule is CN(C)c1ncc(-c2ccncc2)c(C2CCC(CNC(=O)C(C)(C)C)CC2)n1. The van der Waals surface area contributed by atoms with E-state index >= 15 is 0 Å². The van der Waals surface area contributed by atoms with Gasteiger partial charge in [0.15, 0.2) is 0 Å². The van der Waals surface area contributed by atoms with E-state index < -0.39 is 0 Å². The Kier molecular flexibility index (Phi) is 6.50. The van der Waals surface area contributed by atoms with E-state index in [4.69, 9.17) is 4.98 Å². The third-order valence-corrected chi connectivity index (χ3v) is 5.66. The minimum absolute atomic E-state index is 0.131. The Morgan fingerprint density at radius 1 is 1.14 bits per heavy atom. The van der Waals surface area contributed by atoms with Crippen LogP contribution in [-0.4, -0.2) is 41.5 Å². The Labute approximate surface area is 174 Å². The summed E-state index contributed by atoms with van der Waals surface area (Å²) < 4.78 is 0. The molecule has 0 bridgehead atoms. The third-order valence-electron chi connectivity index (χ3n) is 5.66. The lowest BCUT2D eigenvalue weighted by atomic mass is 9.79. The molecule has 0 atom stereocenters. The number of rotatable bonds is 5. The molecule has 29 heavy (non-hydrogen) atoms. The fraction of sp³-hybridized carbons (Fsp3) is 0.565. The second-order valence-corrected chi connectivity index (χ2v) is 9.28. The van der Waals surface area contributed by atoms with Crippen LogP contribution in [0.5, 0.6) is 0 Å². The van der Waals surface area contributed by atoms with Gasteiger partial charge in [0.25, 0.3) is 0 Å². The van der Waals surface area contributed by atoms with Gasteiger partial charge in [-0.3, -0.25) is 9.78 Å². The van der Waals surface area contributed by atoms with E-state index in [0.717, 1.165) is 55.0 Å². The van der Waals surface area contributed by atoms with E-state index in [1.807, 2.05) is 70.5 Å². The first-order valence-electron chi connectivity index (χ1n) is 10.5. The van der Waals surface area contributed by atoms with Crippen LogP contribution in [-0.2, 0) is 4.79 Å². The zero-order chi connectivity index (χ0) is 21.0. The van der Waals surface area contributed by atoms with Gasteiger partial charge in [0, 0.05) is 56.1 Å². The van der Waals surface area contributed by atoms with Gasteiger partial charge < -0.3 is 10.2 Å². The van der Waals surface area contributed by atoms with Crippen molar-refractivity contribution in [2.24, 2.45) is 11.3 Å². The van der Waals surface area contributed by atoms with E-state index in [1.54, 1.807) is 0 Å². The molecule has 1 aliphatic carbocycles. The van der Waals surface area contributed by atoms with Crippen LogP contribution < -0.4 is 10.2 Å². The molecular weight excluding hydrogens is 362 g/mol. The highest BCUT2D eigenvalue weighted by Gasteiger charge is 2.28. The topological polar surface area (TPSA) is 71.0 Å². The number of nitrogens with zero attached hydrogens (tertiary/aromatic N) is 4. The van der Waals surface area contributed by atoms with Crippen LogP contribution >= 0.6 is 0 Å². The fourth-order valence-electron chi connectivity index (χ4n) is 3.81. The summed E-state index contributed by atoms with van der Waals surface area (Å²) in [6, 6.07) is 4.04. The molecular formula is C23H33N5O. The standard InChI is InChI=1S/C23H33N5O/c1-23(2,3)21(29)25-14-16-6-8-18(9-7-16)20-19(17-10-12-24-13-11-17)15-26-22(27-20)28(4)5/h10-13,15-16,18H,6-9,14H2,1-5H3,(H,25,29). The van der Waals surface area contributed by atoms with Gasteiger partial charge in [-0.05, 0) is 49.3 Å². The van der Waals surface area contributed by atoms with Crippen molar-refractivity contribution in [2.75, 3.05) is 25.5 Å². The molecule has 0 aromatic carbocycles. The van der Waals surface area contributed by atoms with Crippen LogP contribution in [0.1, 0.15) is 58.1 Å². The van der Waals surface area contributed by atoms with Crippen molar-refractivity contribution in [3.8, 4) is 11.1 Å². The molecule has 3 rings (SSSR count). The quantitative estimate of drug-likeness (QED) is 0.827. The summed E-state index contributed by atoms with van der Waals surface area (Å²) in [6.45, 7) is 6.64. The third kappa shape index (κ3) is 5.31. The molecule has 0 saturated heterocycles. The Bertz CT molecular complexity index is 821. The van der Waals surface area contributed by atoms with Crippen molar-refractivity contribution in [3.63, 3.8) is 0 Å². The molecule has 2 aromatic heterocycles. The van der Waals surface area contributed by atoms with Crippen molar-refractivity contribution in [3.05, 3.63) is 36.4 Å². The lowest BCUT2D eigenvalue weighted by molar-refractivity contribution is -0.128. The predicted octanol–water partition coefficient (Wildman–Crippen LogP) is 4.04. The predicted molar refractivity (Wildman–Crippen MR) is 117 cm³/mol. The van der Waals surface area contributed by atoms with E-state index in [0.29, 0.717) is 11.8 Å². The monoisotopic (exact) mass is 395 g/mol. The van der Waals surface area contributed by atoms with E-state index in [2.05, 4.69) is 15.3 Å². The van der Waals surface area contributed by atoms with Crippen LogP contribution in [0.2, 0.25) is 0 Å². The van der Waals surface area contributed by atoms with E-state index in [-0.39, 0.29) is 11.3 Å². The summed E-state index contributed by atoms with van der Waals surface area (Å²) in [5, 5.41) is 3.13. The molecule has 0 unspecified atom stereocenters. The van der Waals surface area contributed by atoms with Gasteiger partial charge in [0.1, 0.15) is 0 Å². The lowest BCUT2D eigenvalue weighted by Gasteiger charge is -2.30. The number of pyridine rings is 1. The first kappa shape index (κ1) is 21.2. The number of hydrogen-bond acceptors (Lipinski definition) is 5. The molecule has 0 radical (unpaired) electrons. The zero-order valence-electron chi connectivity index (χ0n) is 18.3. The maximum atomic E-state index is 12.2. The number of amides is 1. The van der Waals surface area contributed by atoms with Crippen molar-refractivity contribution in [1.82, 2.24) is 20.3 Å². The van der Waals surface area contributed by atoms with Crippen molar-refractivity contribution in [1.29, 1.82) is 0 Å². The Balaban J connectivity index is 1.72. The second kappa shape index (κ2) is 8.89. The van der Waals surface area contributed by atoms with Gasteiger partial charge in [-0.25, -0.2) is 9.97 Å². The Morgan fingerprint density at radius 2 is 1.79 bits per heavy atom. The fourth-order valence-corrected chi connectivity index (χ4v) is 3.81. The van der Waals surface area contributed by atoms with Crippen LogP contribution in [0.3, 0.4) is 0 Å². The summed E-state index contributed by atoms with van der Waals surface area (Å²) in [4.78, 5) is 27.7. The minimum Gasteiger partial charge on any atom is -0.355 e. The van der Waals surface area contributed by atoms with Crippen LogP contribution in [0.15, 0.2) is 30.7 Å². The highest BCUT2D eigenvalue weighted by molar-refractivity contribution is 5.81. The number of nitrogens with one attached hydrogen (secondary N) is 1. The molecule has 0 spiro atoms. The lowest BCUT2D eigenvalue weighted by Crippen LogP contribution is -2.38. The summed E-state index contributed by atoms with van der Waals surface area (Å²) >= 11 is 0. The van der Waals surface area contributed by atoms with Crippen LogP contribution in [0.25, 0.3) is 11.1 Å². The highest BCUT2D eigenvalue weighted by atomic mass is 16.2. The van der Waals surface area contributed by atoms with Crippen LogP contribution in [0, 0.1) is 11.3 Å². The number of carbonyl (C=O) groups is 1. The average molecular weight is 396 g/mol. The summed E-state index contributed by atoms with van der Waals surface area (Å²) in [5.74, 6) is 1.83. The van der Waals surface area contributed by atoms with Crippen molar-refractivity contribution in [2.45, 2.75) is 52.4 Å². The summed E-state index contributed by atoms with van der Waals surface area (Å²) in [5.41, 5.74) is 3.01. The average Bonchev–Trinajstić information content (AvgIpc) is 2.72. The molecule has 0 aliphatic heterocycles. The summed E-state index contributed by atoms with van der Waals surface area (Å²) in [7, 11) is 3.94. The molecule has 1 amide bonds. The van der Waals surface area contributed by atoms with E-state index in [1.165, 1.54) is 0 Å². The van der Waals surface area contributed by atoms with Gasteiger partial charge in [0.05, 0.1) is 5.69 Å². The second-order valence-electron chi connectivity index (χ2n) is 9.28. The largest absolute Gasteiger partial charge is 0.355 e. The maximum absolute atomic E-state index is 12.2. The molecule has 1 aliphatic rings. The highest BCUT2D eigenvalue weighted by Crippen LogP contribution is 2.39. The van der Waals surface area contributed by atoms with E-state index in [9.17, 15) is 4.79 Å². The first-order valence-corrected chi connectivity index (χ1v) is 10.5. The molecule has 1 fully saturated rings. The van der Waals surface area contributed by atoms with Gasteiger partial charge in [0.2, 0.25) is 11.9 Å². The Hall–Kier alpha value is -2.50. The molecule has 2 aromatic rings. The number of anilines is 1. The van der Waals surface area contributed by atoms with Gasteiger partial charge in [-0.15, -0.1) is 0 Å². The van der Waals surface area contributed by atoms with Gasteiger partial charge in [-0.1, -0.05) is 20.8 Å². The number of hydrogen-bond donors (Lipinski definition) is 1. The zero-order valence-corrected chi connectivity index (χ0v) is 18.3. The molecule has 156 valence electrons. The molecule has 1 N–H and O–H groups in total. The normalized spacial score (nSPS) is 19.6. The van der Waals surface area contributed by atoms with Gasteiger partial charge in [-0.2, -0.15) is 0 Å². The summed E-state index contributed by atoms with van der Waals surface area (Å²) in [6.07, 6.45) is 9.94. The number of carbonyl (C=O) groups excluding carboxylic acids is 1. The van der Waals surface area contributed by atoms with Crippen LogP contribution in [0.4, 0.5) is 5.95 Å². The van der Waals surface area contributed by atoms with Crippen molar-refractivity contribution >= 4 is 11.9 Å². The van der Waals surface area contributed by atoms with Crippen molar-refractivity contribution < 1.29 is 4.79 Å². The Morgan fingerprint density at radius 3 is 2.38 bits per heavy atom. The maximum Gasteiger partial charge on any atom is 0.225 e. The smallest absolute Gasteiger partial charge is 0.225 e.